The van der Waals surface area contributed by atoms with Crippen LogP contribution in [0.15, 0.2) is 11.4 Å². The number of rotatable bonds is 6. The lowest BCUT2D eigenvalue weighted by molar-refractivity contribution is 0.631. The zero-order valence-corrected chi connectivity index (χ0v) is 11.4. The molecule has 90 valence electrons. The molecule has 0 radical (unpaired) electrons. The number of anilines is 1. The fourth-order valence-electron chi connectivity index (χ4n) is 1.45. The van der Waals surface area contributed by atoms with Crippen LogP contribution in [0.3, 0.4) is 0 Å². The van der Waals surface area contributed by atoms with E-state index < -0.39 is 0 Å². The van der Waals surface area contributed by atoms with Crippen LogP contribution < -0.4 is 5.32 Å². The Hall–Kier alpha value is -0.770. The summed E-state index contributed by atoms with van der Waals surface area (Å²) in [6, 6.07) is 0. The lowest BCUT2D eigenvalue weighted by atomic mass is 10.2. The van der Waals surface area contributed by atoms with Crippen LogP contribution in [-0.4, -0.2) is 22.8 Å². The molecule has 0 aliphatic heterocycles. The van der Waals surface area contributed by atoms with Gasteiger partial charge in [0.05, 0.1) is 0 Å². The number of aromatic nitrogens is 2. The van der Waals surface area contributed by atoms with Crippen molar-refractivity contribution in [1.82, 2.24) is 9.97 Å². The summed E-state index contributed by atoms with van der Waals surface area (Å²) >= 11 is 1.84. The smallest absolute Gasteiger partial charge is 0.133 e. The Morgan fingerprint density at radius 3 is 2.69 bits per heavy atom. The third-order valence-corrected chi connectivity index (χ3v) is 3.50. The predicted octanol–water partition coefficient (Wildman–Crippen LogP) is 3.22. The predicted molar refractivity (Wildman–Crippen MR) is 71.1 cm³/mol. The van der Waals surface area contributed by atoms with Crippen molar-refractivity contribution in [3.05, 3.63) is 11.9 Å². The van der Waals surface area contributed by atoms with Crippen molar-refractivity contribution >= 4 is 17.6 Å². The van der Waals surface area contributed by atoms with Crippen molar-refractivity contribution < 1.29 is 0 Å². The molecule has 1 aromatic rings. The molecule has 1 heterocycles. The zero-order chi connectivity index (χ0) is 12.0. The largest absolute Gasteiger partial charge is 0.373 e. The highest BCUT2D eigenvalue weighted by Gasteiger charge is 2.09. The average Bonchev–Trinajstić information content (AvgIpc) is 2.28. The molecule has 0 aromatic carbocycles. The van der Waals surface area contributed by atoms with Crippen molar-refractivity contribution in [3.8, 4) is 0 Å². The van der Waals surface area contributed by atoms with E-state index in [-0.39, 0.29) is 0 Å². The molecule has 1 aromatic heterocycles. The zero-order valence-electron chi connectivity index (χ0n) is 10.6. The fourth-order valence-corrected chi connectivity index (χ4v) is 2.77. The van der Waals surface area contributed by atoms with Gasteiger partial charge in [-0.1, -0.05) is 20.8 Å². The molecule has 0 amide bonds. The van der Waals surface area contributed by atoms with E-state index in [4.69, 9.17) is 0 Å². The van der Waals surface area contributed by atoms with E-state index in [1.165, 1.54) is 12.0 Å². The van der Waals surface area contributed by atoms with Gasteiger partial charge in [-0.05, 0) is 24.5 Å². The molecule has 0 aliphatic carbocycles. The van der Waals surface area contributed by atoms with E-state index in [1.807, 2.05) is 18.8 Å². The van der Waals surface area contributed by atoms with Gasteiger partial charge in [-0.3, -0.25) is 0 Å². The molecule has 3 nitrogen and oxygen atoms in total. The third-order valence-electron chi connectivity index (χ3n) is 2.43. The van der Waals surface area contributed by atoms with Gasteiger partial charge in [-0.15, -0.1) is 11.8 Å². The highest BCUT2D eigenvalue weighted by atomic mass is 32.2. The Bertz CT molecular complexity index is 326. The van der Waals surface area contributed by atoms with E-state index in [0.29, 0.717) is 0 Å². The molecule has 0 saturated heterocycles. The first kappa shape index (κ1) is 13.3. The second-order valence-electron chi connectivity index (χ2n) is 4.14. The first-order valence-electron chi connectivity index (χ1n) is 5.83. The minimum atomic E-state index is 0.753. The monoisotopic (exact) mass is 239 g/mol. The van der Waals surface area contributed by atoms with Crippen molar-refractivity contribution in [2.45, 2.75) is 38.6 Å². The molecule has 0 saturated carbocycles. The Kier molecular flexibility index (Phi) is 5.60. The van der Waals surface area contributed by atoms with Crippen LogP contribution >= 0.6 is 11.8 Å². The Morgan fingerprint density at radius 1 is 1.38 bits per heavy atom. The van der Waals surface area contributed by atoms with Crippen molar-refractivity contribution in [2.75, 3.05) is 18.1 Å². The lowest BCUT2D eigenvalue weighted by Gasteiger charge is -2.11. The first-order chi connectivity index (χ1) is 7.69. The summed E-state index contributed by atoms with van der Waals surface area (Å²) in [4.78, 5) is 8.60. The van der Waals surface area contributed by atoms with E-state index in [9.17, 15) is 0 Å². The summed E-state index contributed by atoms with van der Waals surface area (Å²) in [5.74, 6) is 2.85. The maximum Gasteiger partial charge on any atom is 0.133 e. The van der Waals surface area contributed by atoms with Crippen LogP contribution in [0.1, 0.15) is 32.8 Å². The number of hydrogen-bond acceptors (Lipinski definition) is 4. The van der Waals surface area contributed by atoms with Crippen LogP contribution in [0.2, 0.25) is 0 Å². The van der Waals surface area contributed by atoms with Crippen LogP contribution in [0.4, 0.5) is 5.82 Å². The van der Waals surface area contributed by atoms with Crippen LogP contribution in [0, 0.1) is 5.92 Å². The number of nitrogens with zero attached hydrogens (tertiary/aromatic N) is 2. The maximum atomic E-state index is 4.37. The van der Waals surface area contributed by atoms with Gasteiger partial charge in [0.25, 0.3) is 0 Å². The Morgan fingerprint density at radius 2 is 2.12 bits per heavy atom. The summed E-state index contributed by atoms with van der Waals surface area (Å²) in [5.41, 5.74) is 1.23. The molecule has 1 N–H and O–H groups in total. The Balaban J connectivity index is 2.71. The van der Waals surface area contributed by atoms with Crippen LogP contribution in [0.5, 0.6) is 0 Å². The highest BCUT2D eigenvalue weighted by Crippen LogP contribution is 2.26. The number of hydrogen-bond donors (Lipinski definition) is 1. The molecular weight excluding hydrogens is 218 g/mol. The minimum absolute atomic E-state index is 0.753. The van der Waals surface area contributed by atoms with Gasteiger partial charge >= 0.3 is 0 Å². The average molecular weight is 239 g/mol. The van der Waals surface area contributed by atoms with Gasteiger partial charge in [0.2, 0.25) is 0 Å². The second-order valence-corrected chi connectivity index (χ2v) is 5.22. The summed E-state index contributed by atoms with van der Waals surface area (Å²) in [5, 5.41) is 4.25. The van der Waals surface area contributed by atoms with E-state index in [0.717, 1.165) is 28.9 Å². The molecule has 0 spiro atoms. The number of thioether (sulfide) groups is 1. The number of nitrogens with one attached hydrogen (secondary N) is 1. The van der Waals surface area contributed by atoms with Crippen LogP contribution in [-0.2, 0) is 6.42 Å². The Labute approximate surface area is 102 Å². The molecule has 0 atom stereocenters. The van der Waals surface area contributed by atoms with E-state index in [1.54, 1.807) is 6.33 Å². The summed E-state index contributed by atoms with van der Waals surface area (Å²) < 4.78 is 0. The van der Waals surface area contributed by atoms with Crippen LogP contribution in [0.25, 0.3) is 0 Å². The van der Waals surface area contributed by atoms with Gasteiger partial charge in [0, 0.05) is 12.6 Å². The minimum Gasteiger partial charge on any atom is -0.373 e. The molecule has 0 unspecified atom stereocenters. The van der Waals surface area contributed by atoms with Crippen molar-refractivity contribution in [1.29, 1.82) is 0 Å². The molecule has 0 bridgehead atoms. The summed E-state index contributed by atoms with van der Waals surface area (Å²) in [6.45, 7) is 6.65. The molecule has 16 heavy (non-hydrogen) atoms. The van der Waals surface area contributed by atoms with Crippen molar-refractivity contribution in [2.24, 2.45) is 5.92 Å². The maximum absolute atomic E-state index is 4.37. The van der Waals surface area contributed by atoms with Crippen molar-refractivity contribution in [3.63, 3.8) is 0 Å². The highest BCUT2D eigenvalue weighted by molar-refractivity contribution is 7.99. The molecule has 1 rings (SSSR count). The molecular formula is C12H21N3S. The van der Waals surface area contributed by atoms with Gasteiger partial charge in [0.15, 0.2) is 0 Å². The van der Waals surface area contributed by atoms with E-state index >= 15 is 0 Å². The molecule has 0 aliphatic rings. The quantitative estimate of drug-likeness (QED) is 0.611. The standard InChI is InChI=1S/C12H21N3S/c1-5-10-11(13-4)14-8-15-12(10)16-7-6-9(2)3/h8-9H,5-7H2,1-4H3,(H,13,14,15). The summed E-state index contributed by atoms with van der Waals surface area (Å²) in [6.07, 6.45) is 3.84. The third kappa shape index (κ3) is 3.67. The van der Waals surface area contributed by atoms with Gasteiger partial charge in [-0.25, -0.2) is 9.97 Å². The second kappa shape index (κ2) is 6.74. The van der Waals surface area contributed by atoms with E-state index in [2.05, 4.69) is 36.1 Å². The van der Waals surface area contributed by atoms with Gasteiger partial charge in [0.1, 0.15) is 17.2 Å². The molecule has 4 heteroatoms. The van der Waals surface area contributed by atoms with Gasteiger partial charge < -0.3 is 5.32 Å². The normalized spacial score (nSPS) is 10.8. The fraction of sp³-hybridized carbons (Fsp3) is 0.667. The lowest BCUT2D eigenvalue weighted by Crippen LogP contribution is -2.02. The summed E-state index contributed by atoms with van der Waals surface area (Å²) in [7, 11) is 1.91. The topological polar surface area (TPSA) is 37.8 Å². The SMILES string of the molecule is CCc1c(NC)ncnc1SCCC(C)C. The molecule has 0 fully saturated rings. The first-order valence-corrected chi connectivity index (χ1v) is 6.82. The van der Waals surface area contributed by atoms with Gasteiger partial charge in [-0.2, -0.15) is 0 Å².